The number of aromatic hydroxyl groups is 1. The third kappa shape index (κ3) is 4.98. The zero-order chi connectivity index (χ0) is 16.9. The Morgan fingerprint density at radius 2 is 1.92 bits per heavy atom. The lowest BCUT2D eigenvalue weighted by Gasteiger charge is -2.32. The van der Waals surface area contributed by atoms with E-state index in [4.69, 9.17) is 11.6 Å². The maximum absolute atomic E-state index is 9.67. The van der Waals surface area contributed by atoms with E-state index in [2.05, 4.69) is 33.0 Å². The van der Waals surface area contributed by atoms with E-state index in [0.29, 0.717) is 11.7 Å². The van der Waals surface area contributed by atoms with Gasteiger partial charge in [-0.25, -0.2) is 0 Å². The first kappa shape index (κ1) is 17.8. The highest BCUT2D eigenvalue weighted by Crippen LogP contribution is 2.28. The minimum absolute atomic E-state index is 0.354. The Morgan fingerprint density at radius 1 is 1.12 bits per heavy atom. The Labute approximate surface area is 157 Å². The highest BCUT2D eigenvalue weighted by atomic mass is 79.9. The number of nitrogens with zero attached hydrogens (tertiary/aromatic N) is 1. The maximum atomic E-state index is 9.67. The van der Waals surface area contributed by atoms with Crippen LogP contribution in [-0.2, 0) is 12.8 Å². The summed E-state index contributed by atoms with van der Waals surface area (Å²) in [5, 5.41) is 10.5. The topological polar surface area (TPSA) is 23.5 Å². The Balaban J connectivity index is 1.46. The van der Waals surface area contributed by atoms with Crippen LogP contribution in [0, 0.1) is 5.92 Å². The summed E-state index contributed by atoms with van der Waals surface area (Å²) in [7, 11) is 0. The van der Waals surface area contributed by atoms with E-state index >= 15 is 0 Å². The van der Waals surface area contributed by atoms with Crippen molar-refractivity contribution in [2.75, 3.05) is 19.6 Å². The number of rotatable bonds is 5. The number of benzene rings is 2. The number of hydrogen-bond donors (Lipinski definition) is 1. The summed E-state index contributed by atoms with van der Waals surface area (Å²) in [5.74, 6) is 1.05. The Bertz CT molecular complexity index is 683. The molecule has 4 heteroatoms. The van der Waals surface area contributed by atoms with Crippen LogP contribution in [0.25, 0.3) is 0 Å². The molecular formula is C20H23BrClNO. The molecule has 2 nitrogen and oxygen atoms in total. The Hall–Kier alpha value is -1.03. The van der Waals surface area contributed by atoms with Crippen molar-refractivity contribution >= 4 is 27.5 Å². The van der Waals surface area contributed by atoms with Gasteiger partial charge in [-0.1, -0.05) is 39.7 Å². The van der Waals surface area contributed by atoms with Gasteiger partial charge in [0.15, 0.2) is 0 Å². The molecule has 0 bridgehead atoms. The Kier molecular flexibility index (Phi) is 6.20. The van der Waals surface area contributed by atoms with Crippen LogP contribution in [0.1, 0.15) is 24.0 Å². The Morgan fingerprint density at radius 3 is 2.67 bits per heavy atom. The fourth-order valence-electron chi connectivity index (χ4n) is 3.42. The number of piperidine rings is 1. The van der Waals surface area contributed by atoms with Crippen LogP contribution < -0.4 is 0 Å². The minimum Gasteiger partial charge on any atom is -0.508 e. The molecule has 0 saturated carbocycles. The standard InChI is InChI=1S/C20H23BrClNO/c21-20-5-4-19(24)14-17(20)12-16-7-10-23(11-8-16)9-6-15-2-1-3-18(22)13-15/h1-5,13-14,16,24H,6-12H2. The average molecular weight is 409 g/mol. The summed E-state index contributed by atoms with van der Waals surface area (Å²) in [6.07, 6.45) is 4.54. The van der Waals surface area contributed by atoms with E-state index in [0.717, 1.165) is 42.0 Å². The van der Waals surface area contributed by atoms with Gasteiger partial charge in [-0.05, 0) is 86.1 Å². The third-order valence-corrected chi connectivity index (χ3v) is 5.86. The van der Waals surface area contributed by atoms with Gasteiger partial charge in [0.25, 0.3) is 0 Å². The summed E-state index contributed by atoms with van der Waals surface area (Å²) < 4.78 is 1.10. The van der Waals surface area contributed by atoms with Crippen LogP contribution >= 0.6 is 27.5 Å². The second-order valence-corrected chi connectivity index (χ2v) is 7.94. The van der Waals surface area contributed by atoms with Crippen molar-refractivity contribution in [2.45, 2.75) is 25.7 Å². The van der Waals surface area contributed by atoms with Crippen molar-refractivity contribution in [3.05, 3.63) is 63.1 Å². The molecule has 2 aromatic rings. The van der Waals surface area contributed by atoms with Crippen molar-refractivity contribution in [3.63, 3.8) is 0 Å². The summed E-state index contributed by atoms with van der Waals surface area (Å²) in [6.45, 7) is 3.41. The molecule has 0 aromatic heterocycles. The van der Waals surface area contributed by atoms with Gasteiger partial charge in [-0.3, -0.25) is 0 Å². The lowest BCUT2D eigenvalue weighted by molar-refractivity contribution is 0.186. The number of hydrogen-bond acceptors (Lipinski definition) is 2. The lowest BCUT2D eigenvalue weighted by Crippen LogP contribution is -2.35. The summed E-state index contributed by atoms with van der Waals surface area (Å²) in [4.78, 5) is 2.55. The average Bonchev–Trinajstić information content (AvgIpc) is 2.58. The van der Waals surface area contributed by atoms with Crippen molar-refractivity contribution in [1.29, 1.82) is 0 Å². The van der Waals surface area contributed by atoms with Crippen LogP contribution in [0.5, 0.6) is 5.75 Å². The van der Waals surface area contributed by atoms with Gasteiger partial charge in [0.05, 0.1) is 0 Å². The van der Waals surface area contributed by atoms with E-state index in [1.807, 2.05) is 24.3 Å². The zero-order valence-electron chi connectivity index (χ0n) is 13.7. The van der Waals surface area contributed by atoms with Crippen LogP contribution in [0.3, 0.4) is 0 Å². The molecule has 0 atom stereocenters. The molecule has 1 heterocycles. The van der Waals surface area contributed by atoms with E-state index in [1.165, 1.54) is 24.0 Å². The predicted molar refractivity (Wildman–Crippen MR) is 104 cm³/mol. The van der Waals surface area contributed by atoms with Crippen molar-refractivity contribution in [2.24, 2.45) is 5.92 Å². The molecule has 0 unspecified atom stereocenters. The molecule has 128 valence electrons. The minimum atomic E-state index is 0.354. The SMILES string of the molecule is Oc1ccc(Br)c(CC2CCN(CCc3cccc(Cl)c3)CC2)c1. The number of halogens is 2. The molecule has 2 aromatic carbocycles. The molecule has 1 aliphatic rings. The largest absolute Gasteiger partial charge is 0.508 e. The smallest absolute Gasteiger partial charge is 0.115 e. The quantitative estimate of drug-likeness (QED) is 0.725. The normalized spacial score (nSPS) is 16.4. The van der Waals surface area contributed by atoms with E-state index in [9.17, 15) is 5.11 Å². The molecule has 0 radical (unpaired) electrons. The fraction of sp³-hybridized carbons (Fsp3) is 0.400. The van der Waals surface area contributed by atoms with Crippen LogP contribution in [0.15, 0.2) is 46.9 Å². The van der Waals surface area contributed by atoms with Gasteiger partial charge in [0.2, 0.25) is 0 Å². The molecule has 1 fully saturated rings. The lowest BCUT2D eigenvalue weighted by atomic mass is 9.90. The van der Waals surface area contributed by atoms with Crippen molar-refractivity contribution in [3.8, 4) is 5.75 Å². The molecular weight excluding hydrogens is 386 g/mol. The summed E-state index contributed by atoms with van der Waals surface area (Å²) >= 11 is 9.64. The third-order valence-electron chi connectivity index (χ3n) is 4.85. The zero-order valence-corrected chi connectivity index (χ0v) is 16.1. The van der Waals surface area contributed by atoms with E-state index < -0.39 is 0 Å². The summed E-state index contributed by atoms with van der Waals surface area (Å²) in [6, 6.07) is 13.7. The van der Waals surface area contributed by atoms with Crippen LogP contribution in [0.2, 0.25) is 5.02 Å². The van der Waals surface area contributed by atoms with Crippen LogP contribution in [0.4, 0.5) is 0 Å². The van der Waals surface area contributed by atoms with Crippen molar-refractivity contribution in [1.82, 2.24) is 4.90 Å². The molecule has 1 saturated heterocycles. The molecule has 0 aliphatic carbocycles. The molecule has 24 heavy (non-hydrogen) atoms. The van der Waals surface area contributed by atoms with Gasteiger partial charge in [0, 0.05) is 16.0 Å². The van der Waals surface area contributed by atoms with E-state index in [-0.39, 0.29) is 0 Å². The summed E-state index contributed by atoms with van der Waals surface area (Å²) in [5.41, 5.74) is 2.53. The second kappa shape index (κ2) is 8.37. The molecule has 3 rings (SSSR count). The first-order valence-electron chi connectivity index (χ1n) is 8.54. The van der Waals surface area contributed by atoms with Gasteiger partial charge < -0.3 is 10.0 Å². The molecule has 0 amide bonds. The van der Waals surface area contributed by atoms with Gasteiger partial charge in [-0.2, -0.15) is 0 Å². The molecule has 1 N–H and O–H groups in total. The highest BCUT2D eigenvalue weighted by Gasteiger charge is 2.20. The number of phenols is 1. The fourth-order valence-corrected chi connectivity index (χ4v) is 4.04. The van der Waals surface area contributed by atoms with E-state index in [1.54, 1.807) is 6.07 Å². The monoisotopic (exact) mass is 407 g/mol. The highest BCUT2D eigenvalue weighted by molar-refractivity contribution is 9.10. The first-order chi connectivity index (χ1) is 11.6. The first-order valence-corrected chi connectivity index (χ1v) is 9.71. The van der Waals surface area contributed by atoms with Gasteiger partial charge in [0.1, 0.15) is 5.75 Å². The second-order valence-electron chi connectivity index (χ2n) is 6.64. The van der Waals surface area contributed by atoms with Gasteiger partial charge >= 0.3 is 0 Å². The number of likely N-dealkylation sites (tertiary alicyclic amines) is 1. The maximum Gasteiger partial charge on any atom is 0.115 e. The van der Waals surface area contributed by atoms with Gasteiger partial charge in [-0.15, -0.1) is 0 Å². The number of phenolic OH excluding ortho intramolecular Hbond substituents is 1. The van der Waals surface area contributed by atoms with Crippen molar-refractivity contribution < 1.29 is 5.11 Å². The van der Waals surface area contributed by atoms with Crippen LogP contribution in [-0.4, -0.2) is 29.6 Å². The molecule has 1 aliphatic heterocycles. The molecule has 0 spiro atoms. The predicted octanol–water partition coefficient (Wildman–Crippen LogP) is 5.31.